The third-order valence-corrected chi connectivity index (χ3v) is 3.62. The first-order valence-electron chi connectivity index (χ1n) is 5.76. The van der Waals surface area contributed by atoms with Crippen LogP contribution >= 0.6 is 0 Å². The summed E-state index contributed by atoms with van der Waals surface area (Å²) in [6, 6.07) is 5.74. The second kappa shape index (κ2) is 4.55. The predicted molar refractivity (Wildman–Crippen MR) is 65.5 cm³/mol. The predicted octanol–water partition coefficient (Wildman–Crippen LogP) is 1.06. The number of ether oxygens (including phenoxy) is 2. The standard InChI is InChI=1S/C13H19NO3/c1-16-10-3-4-11(12(5-10)17-2)13(8-14)6-9(15)7-13/h3-5,9,15H,6-8,14H2,1-2H3. The zero-order valence-electron chi connectivity index (χ0n) is 10.3. The lowest BCUT2D eigenvalue weighted by molar-refractivity contribution is 0.0210. The summed E-state index contributed by atoms with van der Waals surface area (Å²) in [4.78, 5) is 0. The number of nitrogens with two attached hydrogens (primary N) is 1. The van der Waals surface area contributed by atoms with Gasteiger partial charge in [-0.1, -0.05) is 6.07 Å². The van der Waals surface area contributed by atoms with Crippen LogP contribution in [0.3, 0.4) is 0 Å². The van der Waals surface area contributed by atoms with Gasteiger partial charge in [0.25, 0.3) is 0 Å². The molecule has 1 aliphatic carbocycles. The maximum Gasteiger partial charge on any atom is 0.126 e. The molecule has 0 aliphatic heterocycles. The average Bonchev–Trinajstić information content (AvgIpc) is 2.34. The Balaban J connectivity index is 2.37. The number of hydrogen-bond donors (Lipinski definition) is 2. The van der Waals surface area contributed by atoms with Crippen LogP contribution in [0.4, 0.5) is 0 Å². The molecule has 94 valence electrons. The third kappa shape index (κ3) is 1.98. The highest BCUT2D eigenvalue weighted by Crippen LogP contribution is 2.47. The van der Waals surface area contributed by atoms with Gasteiger partial charge in [-0.2, -0.15) is 0 Å². The summed E-state index contributed by atoms with van der Waals surface area (Å²) in [5.41, 5.74) is 6.78. The Morgan fingerprint density at radius 1 is 1.35 bits per heavy atom. The molecule has 1 aromatic rings. The summed E-state index contributed by atoms with van der Waals surface area (Å²) >= 11 is 0. The van der Waals surface area contributed by atoms with Gasteiger partial charge in [0.05, 0.1) is 20.3 Å². The first-order chi connectivity index (χ1) is 8.15. The van der Waals surface area contributed by atoms with Gasteiger partial charge in [0.1, 0.15) is 11.5 Å². The van der Waals surface area contributed by atoms with E-state index >= 15 is 0 Å². The molecule has 0 aromatic heterocycles. The first-order valence-corrected chi connectivity index (χ1v) is 5.76. The van der Waals surface area contributed by atoms with Crippen molar-refractivity contribution in [1.29, 1.82) is 0 Å². The van der Waals surface area contributed by atoms with Gasteiger partial charge in [-0.25, -0.2) is 0 Å². The van der Waals surface area contributed by atoms with Crippen molar-refractivity contribution in [1.82, 2.24) is 0 Å². The van der Waals surface area contributed by atoms with E-state index in [4.69, 9.17) is 15.2 Å². The Hall–Kier alpha value is -1.26. The molecule has 1 aliphatic rings. The van der Waals surface area contributed by atoms with E-state index < -0.39 is 0 Å². The SMILES string of the molecule is COc1ccc(C2(CN)CC(O)C2)c(OC)c1. The lowest BCUT2D eigenvalue weighted by Crippen LogP contribution is -2.49. The van der Waals surface area contributed by atoms with E-state index in [2.05, 4.69) is 0 Å². The third-order valence-electron chi connectivity index (χ3n) is 3.62. The van der Waals surface area contributed by atoms with Crippen molar-refractivity contribution in [2.24, 2.45) is 5.73 Å². The molecule has 1 fully saturated rings. The Morgan fingerprint density at radius 3 is 2.53 bits per heavy atom. The van der Waals surface area contributed by atoms with E-state index in [1.807, 2.05) is 18.2 Å². The van der Waals surface area contributed by atoms with E-state index in [1.165, 1.54) is 0 Å². The second-order valence-electron chi connectivity index (χ2n) is 4.61. The molecule has 0 radical (unpaired) electrons. The fourth-order valence-corrected chi connectivity index (χ4v) is 2.58. The summed E-state index contributed by atoms with van der Waals surface area (Å²) in [5.74, 6) is 1.54. The van der Waals surface area contributed by atoms with Crippen molar-refractivity contribution in [3.8, 4) is 11.5 Å². The number of aliphatic hydroxyl groups is 1. The Morgan fingerprint density at radius 2 is 2.06 bits per heavy atom. The summed E-state index contributed by atoms with van der Waals surface area (Å²) in [6.07, 6.45) is 1.16. The van der Waals surface area contributed by atoms with Crippen molar-refractivity contribution < 1.29 is 14.6 Å². The molecule has 0 bridgehead atoms. The van der Waals surface area contributed by atoms with Crippen LogP contribution in [0, 0.1) is 0 Å². The monoisotopic (exact) mass is 237 g/mol. The molecule has 0 atom stereocenters. The molecule has 3 N–H and O–H groups in total. The minimum Gasteiger partial charge on any atom is -0.497 e. The number of methoxy groups -OCH3 is 2. The van der Waals surface area contributed by atoms with Crippen LogP contribution in [-0.2, 0) is 5.41 Å². The number of benzene rings is 1. The average molecular weight is 237 g/mol. The van der Waals surface area contributed by atoms with Crippen LogP contribution in [0.1, 0.15) is 18.4 Å². The summed E-state index contributed by atoms with van der Waals surface area (Å²) in [6.45, 7) is 0.521. The van der Waals surface area contributed by atoms with Crippen molar-refractivity contribution in [2.45, 2.75) is 24.4 Å². The van der Waals surface area contributed by atoms with Crippen molar-refractivity contribution >= 4 is 0 Å². The van der Waals surface area contributed by atoms with Gasteiger partial charge in [-0.15, -0.1) is 0 Å². The number of rotatable bonds is 4. The van der Waals surface area contributed by atoms with E-state index in [9.17, 15) is 5.11 Å². The van der Waals surface area contributed by atoms with Crippen LogP contribution in [-0.4, -0.2) is 32.0 Å². The van der Waals surface area contributed by atoms with Crippen LogP contribution in [0.25, 0.3) is 0 Å². The molecule has 0 heterocycles. The summed E-state index contributed by atoms with van der Waals surface area (Å²) in [7, 11) is 3.26. The van der Waals surface area contributed by atoms with Gasteiger partial charge in [-0.3, -0.25) is 0 Å². The van der Waals surface area contributed by atoms with Gasteiger partial charge in [0.15, 0.2) is 0 Å². The minimum absolute atomic E-state index is 0.142. The molecule has 4 nitrogen and oxygen atoms in total. The molecule has 0 saturated heterocycles. The minimum atomic E-state index is -0.245. The van der Waals surface area contributed by atoms with E-state index in [0.29, 0.717) is 19.4 Å². The lowest BCUT2D eigenvalue weighted by Gasteiger charge is -2.45. The van der Waals surface area contributed by atoms with Crippen LogP contribution in [0.5, 0.6) is 11.5 Å². The molecule has 0 unspecified atom stereocenters. The molecule has 1 aromatic carbocycles. The van der Waals surface area contributed by atoms with Crippen LogP contribution in [0.2, 0.25) is 0 Å². The zero-order chi connectivity index (χ0) is 12.5. The topological polar surface area (TPSA) is 64.7 Å². The van der Waals surface area contributed by atoms with Crippen molar-refractivity contribution in [3.05, 3.63) is 23.8 Å². The highest BCUT2D eigenvalue weighted by molar-refractivity contribution is 5.46. The van der Waals surface area contributed by atoms with E-state index in [0.717, 1.165) is 17.1 Å². The molecule has 4 heteroatoms. The van der Waals surface area contributed by atoms with Gasteiger partial charge in [0.2, 0.25) is 0 Å². The second-order valence-corrected chi connectivity index (χ2v) is 4.61. The molecular formula is C13H19NO3. The summed E-state index contributed by atoms with van der Waals surface area (Å²) < 4.78 is 10.6. The fraction of sp³-hybridized carbons (Fsp3) is 0.538. The zero-order valence-corrected chi connectivity index (χ0v) is 10.3. The van der Waals surface area contributed by atoms with Gasteiger partial charge in [0, 0.05) is 23.6 Å². The van der Waals surface area contributed by atoms with E-state index in [-0.39, 0.29) is 11.5 Å². The largest absolute Gasteiger partial charge is 0.497 e. The van der Waals surface area contributed by atoms with Crippen molar-refractivity contribution in [3.63, 3.8) is 0 Å². The highest BCUT2D eigenvalue weighted by Gasteiger charge is 2.45. The lowest BCUT2D eigenvalue weighted by atomic mass is 9.62. The fourth-order valence-electron chi connectivity index (χ4n) is 2.58. The molecule has 1 saturated carbocycles. The van der Waals surface area contributed by atoms with Gasteiger partial charge >= 0.3 is 0 Å². The Bertz CT molecular complexity index is 400. The summed E-state index contributed by atoms with van der Waals surface area (Å²) in [5, 5.41) is 9.52. The molecule has 2 rings (SSSR count). The van der Waals surface area contributed by atoms with E-state index in [1.54, 1.807) is 14.2 Å². The first kappa shape index (κ1) is 12.2. The maximum absolute atomic E-state index is 9.52. The Kier molecular flexibility index (Phi) is 3.26. The molecular weight excluding hydrogens is 218 g/mol. The highest BCUT2D eigenvalue weighted by atomic mass is 16.5. The smallest absolute Gasteiger partial charge is 0.126 e. The normalized spacial score (nSPS) is 27.4. The van der Waals surface area contributed by atoms with Crippen LogP contribution < -0.4 is 15.2 Å². The van der Waals surface area contributed by atoms with Crippen LogP contribution in [0.15, 0.2) is 18.2 Å². The molecule has 0 spiro atoms. The molecule has 0 amide bonds. The molecule has 17 heavy (non-hydrogen) atoms. The number of hydrogen-bond acceptors (Lipinski definition) is 4. The van der Waals surface area contributed by atoms with Crippen molar-refractivity contribution in [2.75, 3.05) is 20.8 Å². The van der Waals surface area contributed by atoms with Gasteiger partial charge < -0.3 is 20.3 Å². The number of aliphatic hydroxyl groups excluding tert-OH is 1. The maximum atomic E-state index is 9.52. The quantitative estimate of drug-likeness (QED) is 0.821. The Labute approximate surface area is 101 Å². The van der Waals surface area contributed by atoms with Gasteiger partial charge in [-0.05, 0) is 18.9 Å².